The van der Waals surface area contributed by atoms with Gasteiger partial charge in [0.05, 0.1) is 27.7 Å². The number of aromatic hydroxyl groups is 1. The second kappa shape index (κ2) is 6.96. The minimum atomic E-state index is -0.836. The number of hydrogen-bond donors (Lipinski definition) is 2. The number of rotatable bonds is 5. The highest BCUT2D eigenvalue weighted by molar-refractivity contribution is 5.96. The molecule has 0 spiro atoms. The average Bonchev–Trinajstić information content (AvgIpc) is 2.56. The third-order valence-corrected chi connectivity index (χ3v) is 2.86. The number of phenols is 1. The molecule has 0 aliphatic heterocycles. The van der Waals surface area contributed by atoms with Crippen molar-refractivity contribution in [2.45, 2.75) is 0 Å². The lowest BCUT2D eigenvalue weighted by Crippen LogP contribution is -2.18. The fourth-order valence-corrected chi connectivity index (χ4v) is 1.73. The zero-order valence-electron chi connectivity index (χ0n) is 11.9. The van der Waals surface area contributed by atoms with Gasteiger partial charge in [-0.1, -0.05) is 0 Å². The molecule has 1 amide bonds. The number of hydrogen-bond acceptors (Lipinski definition) is 7. The summed E-state index contributed by atoms with van der Waals surface area (Å²) in [5.41, 5.74) is 1.29. The topological polar surface area (TPSA) is 148 Å². The fourth-order valence-electron chi connectivity index (χ4n) is 1.73. The molecule has 0 atom stereocenters. The number of carbonyl (C=O) groups excluding carboxylic acids is 1. The van der Waals surface area contributed by atoms with Gasteiger partial charge in [-0.25, -0.2) is 5.43 Å². The Morgan fingerprint density at radius 1 is 1.04 bits per heavy atom. The van der Waals surface area contributed by atoms with Gasteiger partial charge < -0.3 is 5.11 Å². The SMILES string of the molecule is O=C(N/N=C/c1ccc(O)cc1)c1cc([N+](=O)[O-])cc([N+](=O)[O-])c1. The highest BCUT2D eigenvalue weighted by atomic mass is 16.6. The van der Waals surface area contributed by atoms with Gasteiger partial charge in [-0.05, 0) is 29.8 Å². The van der Waals surface area contributed by atoms with E-state index >= 15 is 0 Å². The number of nitrogens with zero attached hydrogens (tertiary/aromatic N) is 3. The highest BCUT2D eigenvalue weighted by Gasteiger charge is 2.19. The predicted molar refractivity (Wildman–Crippen MR) is 82.9 cm³/mol. The zero-order valence-corrected chi connectivity index (χ0v) is 11.9. The van der Waals surface area contributed by atoms with Crippen LogP contribution in [0.4, 0.5) is 11.4 Å². The van der Waals surface area contributed by atoms with E-state index in [1.807, 2.05) is 0 Å². The molecular formula is C14H10N4O6. The summed E-state index contributed by atoms with van der Waals surface area (Å²) in [6.45, 7) is 0. The van der Waals surface area contributed by atoms with E-state index in [2.05, 4.69) is 10.5 Å². The number of nitro groups is 2. The molecule has 10 heteroatoms. The Labute approximate surface area is 134 Å². The zero-order chi connectivity index (χ0) is 17.7. The summed E-state index contributed by atoms with van der Waals surface area (Å²) in [5, 5.41) is 34.3. The number of carbonyl (C=O) groups is 1. The van der Waals surface area contributed by atoms with Crippen LogP contribution in [0.15, 0.2) is 47.6 Å². The lowest BCUT2D eigenvalue weighted by atomic mass is 10.1. The first kappa shape index (κ1) is 16.5. The van der Waals surface area contributed by atoms with E-state index in [4.69, 9.17) is 5.11 Å². The van der Waals surface area contributed by atoms with Gasteiger partial charge in [-0.15, -0.1) is 0 Å². The van der Waals surface area contributed by atoms with Crippen molar-refractivity contribution < 1.29 is 19.7 Å². The monoisotopic (exact) mass is 330 g/mol. The van der Waals surface area contributed by atoms with Crippen LogP contribution in [-0.2, 0) is 0 Å². The summed E-state index contributed by atoms with van der Waals surface area (Å²) in [6, 6.07) is 8.53. The van der Waals surface area contributed by atoms with Gasteiger partial charge in [0.2, 0.25) is 0 Å². The average molecular weight is 330 g/mol. The summed E-state index contributed by atoms with van der Waals surface area (Å²) in [7, 11) is 0. The van der Waals surface area contributed by atoms with Crippen molar-refractivity contribution in [2.24, 2.45) is 5.10 Å². The number of hydrazone groups is 1. The van der Waals surface area contributed by atoms with Crippen LogP contribution in [0.1, 0.15) is 15.9 Å². The molecule has 0 heterocycles. The standard InChI is InChI=1S/C14H10N4O6/c19-13-3-1-9(2-4-13)8-15-16-14(20)10-5-11(17(21)22)7-12(6-10)18(23)24/h1-8,19H,(H,16,20)/b15-8+. The van der Waals surface area contributed by atoms with Gasteiger partial charge in [0.25, 0.3) is 17.3 Å². The van der Waals surface area contributed by atoms with E-state index in [1.54, 1.807) is 12.1 Å². The lowest BCUT2D eigenvalue weighted by molar-refractivity contribution is -0.394. The Hall–Kier alpha value is -3.82. The van der Waals surface area contributed by atoms with Gasteiger partial charge in [0.15, 0.2) is 0 Å². The molecule has 2 aromatic carbocycles. The summed E-state index contributed by atoms with van der Waals surface area (Å²) in [4.78, 5) is 31.8. The Bertz CT molecular complexity index is 799. The molecule has 0 saturated carbocycles. The van der Waals surface area contributed by atoms with Crippen molar-refractivity contribution in [3.8, 4) is 5.75 Å². The van der Waals surface area contributed by atoms with Crippen LogP contribution in [0.2, 0.25) is 0 Å². The number of nitrogens with one attached hydrogen (secondary N) is 1. The second-order valence-electron chi connectivity index (χ2n) is 4.54. The maximum atomic E-state index is 11.9. The fraction of sp³-hybridized carbons (Fsp3) is 0. The summed E-state index contributed by atoms with van der Waals surface area (Å²) >= 11 is 0. The third kappa shape index (κ3) is 4.10. The van der Waals surface area contributed by atoms with E-state index in [1.165, 1.54) is 18.3 Å². The van der Waals surface area contributed by atoms with Crippen molar-refractivity contribution in [1.29, 1.82) is 0 Å². The molecule has 10 nitrogen and oxygen atoms in total. The Balaban J connectivity index is 2.18. The molecule has 0 aliphatic rings. The molecule has 2 N–H and O–H groups in total. The number of non-ortho nitro benzene ring substituents is 2. The molecule has 2 rings (SSSR count). The van der Waals surface area contributed by atoms with Crippen molar-refractivity contribution in [3.05, 3.63) is 73.8 Å². The molecule has 0 unspecified atom stereocenters. The maximum Gasteiger partial charge on any atom is 0.277 e. The van der Waals surface area contributed by atoms with Gasteiger partial charge >= 0.3 is 0 Å². The summed E-state index contributed by atoms with van der Waals surface area (Å²) in [6.07, 6.45) is 1.28. The van der Waals surface area contributed by atoms with Gasteiger partial charge in [-0.2, -0.15) is 5.10 Å². The lowest BCUT2D eigenvalue weighted by Gasteiger charge is -2.01. The molecule has 0 aromatic heterocycles. The van der Waals surface area contributed by atoms with Crippen LogP contribution in [0, 0.1) is 20.2 Å². The maximum absolute atomic E-state index is 11.9. The first-order valence-electron chi connectivity index (χ1n) is 6.43. The van der Waals surface area contributed by atoms with Crippen LogP contribution in [0.25, 0.3) is 0 Å². The molecule has 2 aromatic rings. The summed E-state index contributed by atoms with van der Waals surface area (Å²) in [5.74, 6) is -0.767. The number of phenolic OH excluding ortho intramolecular Hbond substituents is 1. The number of benzene rings is 2. The molecule has 0 radical (unpaired) electrons. The second-order valence-corrected chi connectivity index (χ2v) is 4.54. The first-order valence-corrected chi connectivity index (χ1v) is 6.43. The van der Waals surface area contributed by atoms with Crippen LogP contribution < -0.4 is 5.43 Å². The van der Waals surface area contributed by atoms with Crippen molar-refractivity contribution >= 4 is 23.5 Å². The van der Waals surface area contributed by atoms with Crippen LogP contribution in [0.3, 0.4) is 0 Å². The third-order valence-electron chi connectivity index (χ3n) is 2.86. The molecule has 122 valence electrons. The Morgan fingerprint density at radius 3 is 2.08 bits per heavy atom. The number of nitro benzene ring substituents is 2. The largest absolute Gasteiger partial charge is 0.508 e. The molecule has 24 heavy (non-hydrogen) atoms. The molecule has 0 fully saturated rings. The van der Waals surface area contributed by atoms with Gasteiger partial charge in [-0.3, -0.25) is 25.0 Å². The molecule has 0 aliphatic carbocycles. The first-order chi connectivity index (χ1) is 11.4. The van der Waals surface area contributed by atoms with Crippen LogP contribution in [0.5, 0.6) is 5.75 Å². The van der Waals surface area contributed by atoms with Crippen molar-refractivity contribution in [3.63, 3.8) is 0 Å². The molecule has 0 saturated heterocycles. The van der Waals surface area contributed by atoms with Crippen molar-refractivity contribution in [1.82, 2.24) is 5.43 Å². The summed E-state index contributed by atoms with van der Waals surface area (Å²) < 4.78 is 0. The highest BCUT2D eigenvalue weighted by Crippen LogP contribution is 2.22. The minimum absolute atomic E-state index is 0.0695. The Kier molecular flexibility index (Phi) is 4.80. The van der Waals surface area contributed by atoms with Crippen molar-refractivity contribution in [2.75, 3.05) is 0 Å². The van der Waals surface area contributed by atoms with Gasteiger partial charge in [0, 0.05) is 12.1 Å². The molecule has 0 bridgehead atoms. The van der Waals surface area contributed by atoms with E-state index in [9.17, 15) is 25.0 Å². The van der Waals surface area contributed by atoms with E-state index in [0.717, 1.165) is 18.2 Å². The Morgan fingerprint density at radius 2 is 1.58 bits per heavy atom. The van der Waals surface area contributed by atoms with Crippen LogP contribution in [-0.4, -0.2) is 27.1 Å². The van der Waals surface area contributed by atoms with E-state index in [0.29, 0.717) is 5.56 Å². The van der Waals surface area contributed by atoms with Gasteiger partial charge in [0.1, 0.15) is 5.75 Å². The smallest absolute Gasteiger partial charge is 0.277 e. The molecular weight excluding hydrogens is 320 g/mol. The van der Waals surface area contributed by atoms with Crippen LogP contribution >= 0.6 is 0 Å². The van der Waals surface area contributed by atoms with E-state index in [-0.39, 0.29) is 11.3 Å². The predicted octanol–water partition coefficient (Wildman–Crippen LogP) is 1.97. The minimum Gasteiger partial charge on any atom is -0.508 e. The van der Waals surface area contributed by atoms with E-state index < -0.39 is 27.1 Å². The quantitative estimate of drug-likeness (QED) is 0.486. The number of amides is 1. The normalized spacial score (nSPS) is 10.5.